The summed E-state index contributed by atoms with van der Waals surface area (Å²) in [6, 6.07) is 0.462. The number of aliphatic hydroxyl groups excluding tert-OH is 3. The van der Waals surface area contributed by atoms with Crippen LogP contribution in [0.3, 0.4) is 0 Å². The number of carbonyl (C=O) groups excluding carboxylic acids is 3. The Balaban J connectivity index is 1.94. The summed E-state index contributed by atoms with van der Waals surface area (Å²) in [5.41, 5.74) is -8.73. The lowest BCUT2D eigenvalue weighted by Gasteiger charge is -2.39. The molecule has 236 valence electrons. The van der Waals surface area contributed by atoms with Gasteiger partial charge in [0.1, 0.15) is 12.2 Å². The molecular weight excluding hydrogens is 612 g/mol. The number of aromatic hydroxyl groups is 9. The van der Waals surface area contributed by atoms with Crippen LogP contribution in [0.5, 0.6) is 51.7 Å². The molecule has 0 saturated heterocycles. The fourth-order valence-corrected chi connectivity index (χ4v) is 5.73. The van der Waals surface area contributed by atoms with Crippen LogP contribution < -0.4 is 0 Å². The molecule has 4 aliphatic rings. The van der Waals surface area contributed by atoms with E-state index in [4.69, 9.17) is 14.2 Å². The Morgan fingerprint density at radius 2 is 1.02 bits per heavy atom. The van der Waals surface area contributed by atoms with Crippen molar-refractivity contribution in [3.05, 3.63) is 28.3 Å². The molecule has 6 bridgehead atoms. The molecule has 4 aliphatic heterocycles. The average molecular weight is 632 g/mol. The summed E-state index contributed by atoms with van der Waals surface area (Å²) in [5.74, 6) is -17.7. The molecule has 3 aromatic carbocycles. The summed E-state index contributed by atoms with van der Waals surface area (Å²) in [7, 11) is 0. The molecule has 0 saturated carbocycles. The van der Waals surface area contributed by atoms with Crippen LogP contribution in [0.15, 0.2) is 6.07 Å². The van der Waals surface area contributed by atoms with Gasteiger partial charge in [0, 0.05) is 27.8 Å². The SMILES string of the molecule is O=C1OC(CO)[C@@H](O)[C@@H]2OC(=O)c3c(c(O)c(O)c(O)c3-c3c(O)c(O)c(O)c4c3C(=O)O[C@H]2[C@@H]4O)-c2c1cc(O)c(O)c2O. The van der Waals surface area contributed by atoms with Crippen LogP contribution in [0.1, 0.15) is 42.7 Å². The summed E-state index contributed by atoms with van der Waals surface area (Å²) in [4.78, 5) is 40.9. The Morgan fingerprint density at radius 3 is 1.62 bits per heavy atom. The molecule has 0 aliphatic carbocycles. The highest BCUT2D eigenvalue weighted by molar-refractivity contribution is 6.16. The zero-order valence-electron chi connectivity index (χ0n) is 22.0. The monoisotopic (exact) mass is 632 g/mol. The molecule has 0 fully saturated rings. The van der Waals surface area contributed by atoms with E-state index >= 15 is 0 Å². The van der Waals surface area contributed by atoms with Crippen LogP contribution in [-0.2, 0) is 14.2 Å². The third-order valence-corrected chi connectivity index (χ3v) is 7.84. The summed E-state index contributed by atoms with van der Waals surface area (Å²) in [6.45, 7) is -1.26. The second-order valence-electron chi connectivity index (χ2n) is 10.2. The predicted octanol–water partition coefficient (Wildman–Crippen LogP) is -0.625. The number of cyclic esters (lactones) is 1. The van der Waals surface area contributed by atoms with E-state index in [2.05, 4.69) is 0 Å². The molecular formula is C27H20O18. The number of aliphatic hydroxyl groups is 3. The number of hydrogen-bond acceptors (Lipinski definition) is 18. The Bertz CT molecular complexity index is 1880. The number of benzene rings is 3. The van der Waals surface area contributed by atoms with E-state index in [9.17, 15) is 75.7 Å². The van der Waals surface area contributed by atoms with E-state index in [0.29, 0.717) is 6.07 Å². The minimum absolute atomic E-state index is 0.462. The maximum atomic E-state index is 14.0. The largest absolute Gasteiger partial charge is 0.504 e. The van der Waals surface area contributed by atoms with Gasteiger partial charge in [0.2, 0.25) is 17.2 Å². The van der Waals surface area contributed by atoms with Crippen LogP contribution in [0.4, 0.5) is 0 Å². The van der Waals surface area contributed by atoms with Crippen molar-refractivity contribution in [2.45, 2.75) is 30.5 Å². The topological polar surface area (TPSA) is 322 Å². The zero-order valence-corrected chi connectivity index (χ0v) is 22.0. The molecule has 18 heteroatoms. The van der Waals surface area contributed by atoms with E-state index < -0.39 is 151 Å². The lowest BCUT2D eigenvalue weighted by atomic mass is 9.80. The first-order valence-corrected chi connectivity index (χ1v) is 12.6. The van der Waals surface area contributed by atoms with Crippen LogP contribution >= 0.6 is 0 Å². The van der Waals surface area contributed by atoms with Gasteiger partial charge >= 0.3 is 17.9 Å². The Labute approximate surface area is 247 Å². The van der Waals surface area contributed by atoms with E-state index in [1.807, 2.05) is 0 Å². The van der Waals surface area contributed by atoms with Crippen molar-refractivity contribution in [1.82, 2.24) is 0 Å². The normalized spacial score (nSPS) is 23.4. The molecule has 45 heavy (non-hydrogen) atoms. The van der Waals surface area contributed by atoms with Crippen molar-refractivity contribution in [2.75, 3.05) is 6.61 Å². The van der Waals surface area contributed by atoms with E-state index in [1.165, 1.54) is 0 Å². The van der Waals surface area contributed by atoms with Crippen LogP contribution in [0.25, 0.3) is 22.3 Å². The lowest BCUT2D eigenvalue weighted by molar-refractivity contribution is -0.152. The molecule has 3 aromatic rings. The Morgan fingerprint density at radius 1 is 0.533 bits per heavy atom. The number of hydrogen-bond donors (Lipinski definition) is 12. The van der Waals surface area contributed by atoms with E-state index in [0.717, 1.165) is 0 Å². The number of esters is 3. The lowest BCUT2D eigenvalue weighted by Crippen LogP contribution is -2.54. The number of phenols is 9. The predicted molar refractivity (Wildman–Crippen MR) is 138 cm³/mol. The maximum absolute atomic E-state index is 14.0. The van der Waals surface area contributed by atoms with Gasteiger partial charge in [-0.05, 0) is 6.07 Å². The fourth-order valence-electron chi connectivity index (χ4n) is 5.73. The molecule has 0 amide bonds. The summed E-state index contributed by atoms with van der Waals surface area (Å²) < 4.78 is 15.7. The highest BCUT2D eigenvalue weighted by atomic mass is 16.6. The number of ether oxygens (including phenoxy) is 3. The van der Waals surface area contributed by atoms with Gasteiger partial charge in [-0.1, -0.05) is 0 Å². The molecule has 0 spiro atoms. The first-order chi connectivity index (χ1) is 21.1. The smallest absolute Gasteiger partial charge is 0.340 e. The second kappa shape index (κ2) is 9.58. The van der Waals surface area contributed by atoms with Crippen LogP contribution in [0, 0.1) is 0 Å². The van der Waals surface area contributed by atoms with E-state index in [-0.39, 0.29) is 0 Å². The van der Waals surface area contributed by atoms with Gasteiger partial charge < -0.3 is 75.5 Å². The van der Waals surface area contributed by atoms with Crippen molar-refractivity contribution in [1.29, 1.82) is 0 Å². The minimum Gasteiger partial charge on any atom is -0.504 e. The van der Waals surface area contributed by atoms with Gasteiger partial charge in [-0.15, -0.1) is 0 Å². The van der Waals surface area contributed by atoms with Gasteiger partial charge in [0.25, 0.3) is 0 Å². The number of rotatable bonds is 1. The number of phenolic OH excluding ortho intramolecular Hbond substituents is 9. The standard InChI is InChI=1S/C27H20O18/c28-2-5-14(31)23-24-20(37)12-11(27(42)45-24)9(18(35)22(39)19(12)36)8-10(26(41)44-23)7(16(33)21(38)17(8)34)6-3(25(40)43-5)1-4(29)13(30)15(6)32/h1,5,14,20,23-24,28-39H,2H2/t5?,14-,20-,23+,24+/m1/s1. The third-order valence-electron chi connectivity index (χ3n) is 7.84. The van der Waals surface area contributed by atoms with Crippen LogP contribution in [-0.4, -0.2) is 110 Å². The van der Waals surface area contributed by atoms with Crippen molar-refractivity contribution in [2.24, 2.45) is 0 Å². The number of carbonyl (C=O) groups is 3. The van der Waals surface area contributed by atoms with Crippen molar-refractivity contribution >= 4 is 17.9 Å². The van der Waals surface area contributed by atoms with Gasteiger partial charge in [-0.25, -0.2) is 14.4 Å². The van der Waals surface area contributed by atoms with Gasteiger partial charge in [0.15, 0.2) is 52.8 Å². The zero-order chi connectivity index (χ0) is 33.0. The molecule has 4 heterocycles. The first kappa shape index (κ1) is 29.2. The highest BCUT2D eigenvalue weighted by Crippen LogP contribution is 2.61. The first-order valence-electron chi connectivity index (χ1n) is 12.6. The van der Waals surface area contributed by atoms with Crippen molar-refractivity contribution in [3.63, 3.8) is 0 Å². The van der Waals surface area contributed by atoms with Gasteiger partial charge in [0.05, 0.1) is 23.3 Å². The molecule has 1 unspecified atom stereocenters. The van der Waals surface area contributed by atoms with E-state index in [1.54, 1.807) is 0 Å². The minimum atomic E-state index is -2.41. The molecule has 0 radical (unpaired) electrons. The number of fused-ring (bicyclic) bond motifs is 3. The molecule has 0 aromatic heterocycles. The van der Waals surface area contributed by atoms with Gasteiger partial charge in [-0.3, -0.25) is 0 Å². The molecule has 5 atom stereocenters. The summed E-state index contributed by atoms with van der Waals surface area (Å²) in [5, 5.41) is 129. The second-order valence-corrected chi connectivity index (χ2v) is 10.2. The van der Waals surface area contributed by atoms with Crippen molar-refractivity contribution in [3.8, 4) is 74.0 Å². The third kappa shape index (κ3) is 3.70. The molecule has 7 rings (SSSR count). The van der Waals surface area contributed by atoms with Crippen molar-refractivity contribution < 1.29 is 89.9 Å². The molecule has 12 N–H and O–H groups in total. The summed E-state index contributed by atoms with van der Waals surface area (Å²) in [6.07, 6.45) is -11.4. The van der Waals surface area contributed by atoms with Gasteiger partial charge in [-0.2, -0.15) is 0 Å². The quantitative estimate of drug-likeness (QED) is 0.0902. The Hall–Kier alpha value is -5.85. The highest BCUT2D eigenvalue weighted by Gasteiger charge is 2.53. The summed E-state index contributed by atoms with van der Waals surface area (Å²) >= 11 is 0. The van der Waals surface area contributed by atoms with Crippen LogP contribution in [0.2, 0.25) is 0 Å². The fraction of sp³-hybridized carbons (Fsp3) is 0.222. The maximum Gasteiger partial charge on any atom is 0.340 e. The average Bonchev–Trinajstić information content (AvgIpc) is 3.01. The Kier molecular flexibility index (Phi) is 6.22. The molecule has 18 nitrogen and oxygen atoms in total.